The minimum absolute atomic E-state index is 0.0261. The van der Waals surface area contributed by atoms with Crippen LogP contribution in [0.4, 0.5) is 4.79 Å². The van der Waals surface area contributed by atoms with Gasteiger partial charge in [-0.2, -0.15) is 0 Å². The molecule has 0 aromatic heterocycles. The minimum atomic E-state index is -1.22. The molecule has 1 aliphatic carbocycles. The fraction of sp³-hybridized carbons (Fsp3) is 0.370. The van der Waals surface area contributed by atoms with Crippen molar-refractivity contribution < 1.29 is 29.0 Å². The second-order valence-electron chi connectivity index (χ2n) is 9.00. The molecule has 2 aromatic carbocycles. The lowest BCUT2D eigenvalue weighted by Crippen LogP contribution is -2.53. The van der Waals surface area contributed by atoms with Gasteiger partial charge in [-0.3, -0.25) is 4.79 Å². The number of carbonyl (C=O) groups is 3. The molecule has 35 heavy (non-hydrogen) atoms. The fourth-order valence-electron chi connectivity index (χ4n) is 4.16. The number of fused-ring (bicyclic) bond motifs is 3. The average Bonchev–Trinajstić information content (AvgIpc) is 3.15. The van der Waals surface area contributed by atoms with E-state index in [0.29, 0.717) is 0 Å². The Labute approximate surface area is 205 Å². The van der Waals surface area contributed by atoms with Gasteiger partial charge in [-0.1, -0.05) is 48.5 Å². The number of hydrogen-bond donors (Lipinski definition) is 3. The Morgan fingerprint density at radius 1 is 1.03 bits per heavy atom. The second-order valence-corrected chi connectivity index (χ2v) is 9.00. The van der Waals surface area contributed by atoms with Gasteiger partial charge in [-0.15, -0.1) is 12.3 Å². The van der Waals surface area contributed by atoms with E-state index in [2.05, 4.69) is 16.6 Å². The van der Waals surface area contributed by atoms with Gasteiger partial charge in [0.1, 0.15) is 18.7 Å². The van der Waals surface area contributed by atoms with Crippen molar-refractivity contribution in [2.24, 2.45) is 0 Å². The van der Waals surface area contributed by atoms with E-state index >= 15 is 0 Å². The number of aliphatic carboxylic acids is 1. The highest BCUT2D eigenvalue weighted by atomic mass is 16.5. The van der Waals surface area contributed by atoms with E-state index in [1.807, 2.05) is 48.5 Å². The largest absolute Gasteiger partial charge is 0.480 e. The van der Waals surface area contributed by atoms with Crippen LogP contribution in [0.2, 0.25) is 0 Å². The van der Waals surface area contributed by atoms with Gasteiger partial charge in [-0.05, 0) is 36.1 Å². The minimum Gasteiger partial charge on any atom is -0.480 e. The van der Waals surface area contributed by atoms with Gasteiger partial charge >= 0.3 is 12.1 Å². The average molecular weight is 479 g/mol. The summed E-state index contributed by atoms with van der Waals surface area (Å²) in [6.07, 6.45) is 4.46. The van der Waals surface area contributed by atoms with Crippen molar-refractivity contribution in [3.05, 3.63) is 59.7 Å². The number of nitrogens with one attached hydrogen (secondary N) is 2. The number of rotatable bonds is 10. The highest BCUT2D eigenvalue weighted by Gasteiger charge is 2.32. The Balaban J connectivity index is 1.65. The molecule has 0 heterocycles. The lowest BCUT2D eigenvalue weighted by molar-refractivity contribution is -0.144. The third-order valence-corrected chi connectivity index (χ3v) is 6.14. The third-order valence-electron chi connectivity index (χ3n) is 6.14. The second kappa shape index (κ2) is 11.1. The maximum Gasteiger partial charge on any atom is 0.407 e. The number of terminal acetylenes is 1. The lowest BCUT2D eigenvalue weighted by atomic mass is 9.98. The molecule has 0 spiro atoms. The van der Waals surface area contributed by atoms with Gasteiger partial charge in [0.05, 0.1) is 5.60 Å². The van der Waals surface area contributed by atoms with Crippen molar-refractivity contribution in [2.45, 2.75) is 50.3 Å². The maximum absolute atomic E-state index is 12.8. The van der Waals surface area contributed by atoms with Crippen LogP contribution in [0.25, 0.3) is 11.1 Å². The molecule has 0 radical (unpaired) electrons. The molecule has 8 nitrogen and oxygen atoms in total. The highest BCUT2D eigenvalue weighted by molar-refractivity contribution is 5.89. The van der Waals surface area contributed by atoms with Crippen molar-refractivity contribution >= 4 is 18.0 Å². The zero-order valence-electron chi connectivity index (χ0n) is 20.0. The van der Waals surface area contributed by atoms with Crippen LogP contribution < -0.4 is 10.6 Å². The Morgan fingerprint density at radius 2 is 1.60 bits per heavy atom. The number of carbonyl (C=O) groups excluding carboxylic acids is 2. The van der Waals surface area contributed by atoms with Gasteiger partial charge in [0.25, 0.3) is 0 Å². The fourth-order valence-corrected chi connectivity index (χ4v) is 4.16. The number of benzene rings is 2. The summed E-state index contributed by atoms with van der Waals surface area (Å²) in [7, 11) is 1.46. The van der Waals surface area contributed by atoms with E-state index in [9.17, 15) is 19.5 Å². The van der Waals surface area contributed by atoms with Crippen molar-refractivity contribution in [1.82, 2.24) is 10.6 Å². The number of carboxylic acid groups (broad SMARTS) is 1. The van der Waals surface area contributed by atoms with Crippen LogP contribution in [-0.4, -0.2) is 54.5 Å². The van der Waals surface area contributed by atoms with E-state index in [4.69, 9.17) is 15.9 Å². The first-order valence-electron chi connectivity index (χ1n) is 11.3. The number of ether oxygens (including phenoxy) is 2. The molecule has 3 N–H and O–H groups in total. The summed E-state index contributed by atoms with van der Waals surface area (Å²) in [4.78, 5) is 37.0. The molecule has 3 rings (SSSR count). The molecule has 0 saturated carbocycles. The summed E-state index contributed by atoms with van der Waals surface area (Å²) >= 11 is 0. The summed E-state index contributed by atoms with van der Waals surface area (Å²) < 4.78 is 10.7. The molecule has 0 aliphatic heterocycles. The standard InChI is InChI=1S/C27H30N2O6/c1-5-10-22(24(30)28-23(25(31)32)15-27(2,3)34-4)29-26(33)35-16-21-19-13-8-6-11-17(19)18-12-7-9-14-20(18)21/h1,6-9,11-14,21-23H,10,15-16H2,2-4H3,(H,28,30)(H,29,33)(H,31,32). The van der Waals surface area contributed by atoms with E-state index < -0.39 is 35.7 Å². The topological polar surface area (TPSA) is 114 Å². The first-order chi connectivity index (χ1) is 16.7. The summed E-state index contributed by atoms with van der Waals surface area (Å²) in [5, 5.41) is 14.4. The Kier molecular flexibility index (Phi) is 8.15. The quantitative estimate of drug-likeness (QED) is 0.452. The molecule has 0 bridgehead atoms. The number of methoxy groups -OCH3 is 1. The molecule has 1 aliphatic rings. The molecular formula is C27H30N2O6. The molecule has 2 atom stereocenters. The van der Waals surface area contributed by atoms with Gasteiger partial charge in [0, 0.05) is 25.9 Å². The maximum atomic E-state index is 12.8. The molecule has 2 amide bonds. The van der Waals surface area contributed by atoms with Gasteiger partial charge in [0.15, 0.2) is 0 Å². The molecule has 8 heteroatoms. The first kappa shape index (κ1) is 25.8. The van der Waals surface area contributed by atoms with Crippen LogP contribution in [0.1, 0.15) is 43.7 Å². The third kappa shape index (κ3) is 6.19. The summed E-state index contributed by atoms with van der Waals surface area (Å²) in [5.41, 5.74) is 3.53. The molecule has 0 saturated heterocycles. The van der Waals surface area contributed by atoms with E-state index in [1.54, 1.807) is 13.8 Å². The Morgan fingerprint density at radius 3 is 2.11 bits per heavy atom. The lowest BCUT2D eigenvalue weighted by Gasteiger charge is -2.28. The Hall–Kier alpha value is -3.83. The molecular weight excluding hydrogens is 448 g/mol. The number of hydrogen-bond acceptors (Lipinski definition) is 5. The van der Waals surface area contributed by atoms with E-state index in [0.717, 1.165) is 22.3 Å². The normalized spacial score (nSPS) is 14.1. The number of alkyl carbamates (subject to hydrolysis) is 1. The van der Waals surface area contributed by atoms with Crippen LogP contribution >= 0.6 is 0 Å². The summed E-state index contributed by atoms with van der Waals surface area (Å²) in [6, 6.07) is 13.5. The molecule has 2 aromatic rings. The van der Waals surface area contributed by atoms with Gasteiger partial charge in [0.2, 0.25) is 5.91 Å². The first-order valence-corrected chi connectivity index (χ1v) is 11.3. The van der Waals surface area contributed by atoms with Crippen LogP contribution in [-0.2, 0) is 19.1 Å². The van der Waals surface area contributed by atoms with Crippen LogP contribution in [0, 0.1) is 12.3 Å². The molecule has 2 unspecified atom stereocenters. The van der Waals surface area contributed by atoms with Gasteiger partial charge in [-0.25, -0.2) is 9.59 Å². The molecule has 0 fully saturated rings. The number of amides is 2. The molecule has 184 valence electrons. The van der Waals surface area contributed by atoms with Crippen LogP contribution in [0.3, 0.4) is 0 Å². The summed E-state index contributed by atoms with van der Waals surface area (Å²) in [6.45, 7) is 3.50. The van der Waals surface area contributed by atoms with Crippen molar-refractivity contribution in [1.29, 1.82) is 0 Å². The van der Waals surface area contributed by atoms with Crippen molar-refractivity contribution in [2.75, 3.05) is 13.7 Å². The predicted octanol–water partition coefficient (Wildman–Crippen LogP) is 3.30. The van der Waals surface area contributed by atoms with Crippen LogP contribution in [0.15, 0.2) is 48.5 Å². The zero-order valence-corrected chi connectivity index (χ0v) is 20.0. The van der Waals surface area contributed by atoms with Crippen molar-refractivity contribution in [3.8, 4) is 23.5 Å². The van der Waals surface area contributed by atoms with Crippen molar-refractivity contribution in [3.63, 3.8) is 0 Å². The van der Waals surface area contributed by atoms with Gasteiger partial charge < -0.3 is 25.2 Å². The SMILES string of the molecule is C#CCC(NC(=O)OCC1c2ccccc2-c2ccccc21)C(=O)NC(CC(C)(C)OC)C(=O)O. The predicted molar refractivity (Wildman–Crippen MR) is 131 cm³/mol. The van der Waals surface area contributed by atoms with E-state index in [1.165, 1.54) is 7.11 Å². The smallest absolute Gasteiger partial charge is 0.407 e. The monoisotopic (exact) mass is 478 g/mol. The van der Waals surface area contributed by atoms with E-state index in [-0.39, 0.29) is 25.4 Å². The highest BCUT2D eigenvalue weighted by Crippen LogP contribution is 2.44. The van der Waals surface area contributed by atoms with Crippen LogP contribution in [0.5, 0.6) is 0 Å². The Bertz CT molecular complexity index is 1090. The zero-order chi connectivity index (χ0) is 25.6. The summed E-state index contributed by atoms with van der Waals surface area (Å²) in [5.74, 6) is 0.267. The number of carboxylic acids is 1.